The molecule has 0 unspecified atom stereocenters. The third-order valence-corrected chi connectivity index (χ3v) is 6.73. The minimum atomic E-state index is -3.78. The number of sulfone groups is 1. The zero-order valence-corrected chi connectivity index (χ0v) is 18.3. The van der Waals surface area contributed by atoms with Crippen LogP contribution in [0.5, 0.6) is 0 Å². The van der Waals surface area contributed by atoms with E-state index in [2.05, 4.69) is 31.2 Å². The van der Waals surface area contributed by atoms with Crippen molar-refractivity contribution in [1.29, 1.82) is 0 Å². The van der Waals surface area contributed by atoms with Crippen molar-refractivity contribution in [3.8, 4) is 12.3 Å². The normalized spacial score (nSPS) is 11.5. The summed E-state index contributed by atoms with van der Waals surface area (Å²) in [5, 5.41) is 5.95. The summed E-state index contributed by atoms with van der Waals surface area (Å²) in [4.78, 5) is 8.06. The first-order valence-electron chi connectivity index (χ1n) is 8.83. The van der Waals surface area contributed by atoms with E-state index in [1.165, 1.54) is 31.6 Å². The number of rotatable bonds is 7. The molecule has 0 radical (unpaired) electrons. The lowest BCUT2D eigenvalue weighted by atomic mass is 10.2. The van der Waals surface area contributed by atoms with Crippen LogP contribution in [0, 0.1) is 12.3 Å². The molecule has 0 fully saturated rings. The zero-order valence-electron chi connectivity index (χ0n) is 16.6. The lowest BCUT2D eigenvalue weighted by molar-refractivity contribution is 0.587. The third-order valence-electron chi connectivity index (χ3n) is 4.16. The fraction of sp³-hybridized carbons (Fsp3) is 0.100. The molecule has 0 amide bonds. The van der Waals surface area contributed by atoms with Gasteiger partial charge >= 0.3 is 0 Å². The summed E-state index contributed by atoms with van der Waals surface area (Å²) < 4.78 is 50.8. The van der Waals surface area contributed by atoms with Crippen molar-refractivity contribution in [2.75, 3.05) is 23.9 Å². The van der Waals surface area contributed by atoms with E-state index in [0.29, 0.717) is 17.1 Å². The van der Waals surface area contributed by atoms with E-state index in [0.717, 1.165) is 6.26 Å². The Morgan fingerprint density at radius 3 is 2.29 bits per heavy atom. The van der Waals surface area contributed by atoms with Gasteiger partial charge in [-0.2, -0.15) is 0 Å². The molecule has 2 aromatic carbocycles. The van der Waals surface area contributed by atoms with Gasteiger partial charge in [0.2, 0.25) is 10.0 Å². The molecule has 0 bridgehead atoms. The minimum absolute atomic E-state index is 0.0674. The van der Waals surface area contributed by atoms with Crippen molar-refractivity contribution < 1.29 is 16.8 Å². The number of hydrogen-bond donors (Lipinski definition) is 3. The monoisotopic (exact) mass is 457 g/mol. The van der Waals surface area contributed by atoms with E-state index in [1.807, 2.05) is 6.07 Å². The van der Waals surface area contributed by atoms with Crippen molar-refractivity contribution in [2.24, 2.45) is 0 Å². The summed E-state index contributed by atoms with van der Waals surface area (Å²) in [6, 6.07) is 12.4. The molecule has 3 rings (SSSR count). The first-order chi connectivity index (χ1) is 14.6. The molecule has 0 saturated carbocycles. The highest BCUT2D eigenvalue weighted by molar-refractivity contribution is 7.91. The van der Waals surface area contributed by atoms with Crippen molar-refractivity contribution in [2.45, 2.75) is 9.79 Å². The number of benzene rings is 2. The summed E-state index contributed by atoms with van der Waals surface area (Å²) in [7, 11) is -6.15. The van der Waals surface area contributed by atoms with Crippen molar-refractivity contribution >= 4 is 42.9 Å². The maximum atomic E-state index is 12.2. The van der Waals surface area contributed by atoms with E-state index in [-0.39, 0.29) is 21.3 Å². The molecule has 1 aromatic heterocycles. The second-order valence-electron chi connectivity index (χ2n) is 6.40. The second-order valence-corrected chi connectivity index (χ2v) is 10.3. The largest absolute Gasteiger partial charge is 0.340 e. The van der Waals surface area contributed by atoms with Gasteiger partial charge in [0.15, 0.2) is 9.84 Å². The number of nitrogens with zero attached hydrogens (tertiary/aromatic N) is 2. The molecule has 0 aliphatic carbocycles. The Bertz CT molecular complexity index is 1380. The van der Waals surface area contributed by atoms with Gasteiger partial charge < -0.3 is 10.6 Å². The fourth-order valence-corrected chi connectivity index (χ4v) is 4.26. The molecular formula is C20H19N5O4S2. The Balaban J connectivity index is 1.97. The van der Waals surface area contributed by atoms with Crippen LogP contribution >= 0.6 is 0 Å². The van der Waals surface area contributed by atoms with Gasteiger partial charge in [0.1, 0.15) is 18.0 Å². The number of terminal acetylenes is 1. The predicted octanol–water partition coefficient (Wildman–Crippen LogP) is 2.26. The van der Waals surface area contributed by atoms with Crippen molar-refractivity contribution in [3.63, 3.8) is 0 Å². The third kappa shape index (κ3) is 5.37. The topological polar surface area (TPSA) is 130 Å². The SMILES string of the molecule is C#Cc1cccc(Nc2cc(Nc3cc(S(=O)(=O)NC)ccc3S(C)(=O)=O)ncn2)c1. The van der Waals surface area contributed by atoms with Crippen molar-refractivity contribution in [3.05, 3.63) is 60.4 Å². The smallest absolute Gasteiger partial charge is 0.240 e. The number of hydrogen-bond acceptors (Lipinski definition) is 8. The Kier molecular flexibility index (Phi) is 6.26. The molecule has 9 nitrogen and oxygen atoms in total. The van der Waals surface area contributed by atoms with Crippen LogP contribution in [-0.4, -0.2) is 40.1 Å². The Hall–Kier alpha value is -3.46. The number of sulfonamides is 1. The van der Waals surface area contributed by atoms with Crippen molar-refractivity contribution in [1.82, 2.24) is 14.7 Å². The maximum absolute atomic E-state index is 12.2. The zero-order chi connectivity index (χ0) is 22.6. The van der Waals surface area contributed by atoms with Gasteiger partial charge in [-0.1, -0.05) is 12.0 Å². The molecule has 1 heterocycles. The summed E-state index contributed by atoms with van der Waals surface area (Å²) in [5.74, 6) is 3.23. The molecule has 3 N–H and O–H groups in total. The highest BCUT2D eigenvalue weighted by atomic mass is 32.2. The molecule has 0 saturated heterocycles. The maximum Gasteiger partial charge on any atom is 0.240 e. The van der Waals surface area contributed by atoms with Gasteiger partial charge in [-0.3, -0.25) is 0 Å². The highest BCUT2D eigenvalue weighted by Crippen LogP contribution is 2.28. The fourth-order valence-electron chi connectivity index (χ4n) is 2.68. The van der Waals surface area contributed by atoms with Crippen LogP contribution in [0.1, 0.15) is 5.56 Å². The quantitative estimate of drug-likeness (QED) is 0.461. The van der Waals surface area contributed by atoms with E-state index in [9.17, 15) is 16.8 Å². The molecule has 0 aliphatic rings. The standard InChI is InChI=1S/C20H19N5O4S2/c1-4-14-6-5-7-15(10-14)24-19-12-20(23-13-22-19)25-17-11-16(31(28,29)21-2)8-9-18(17)30(3,26)27/h1,5-13,21H,2-3H3,(H2,22,23,24,25). The molecule has 0 atom stereocenters. The van der Waals surface area contributed by atoms with Gasteiger partial charge in [-0.05, 0) is 43.4 Å². The predicted molar refractivity (Wildman–Crippen MR) is 119 cm³/mol. The first kappa shape index (κ1) is 22.2. The average molecular weight is 458 g/mol. The Labute approximate surface area is 180 Å². The highest BCUT2D eigenvalue weighted by Gasteiger charge is 2.19. The number of nitrogens with one attached hydrogen (secondary N) is 3. The molecule has 0 spiro atoms. The van der Waals surface area contributed by atoms with Crippen LogP contribution < -0.4 is 15.4 Å². The van der Waals surface area contributed by atoms with E-state index in [4.69, 9.17) is 6.42 Å². The van der Waals surface area contributed by atoms with Crippen LogP contribution in [-0.2, 0) is 19.9 Å². The first-order valence-corrected chi connectivity index (χ1v) is 12.2. The Morgan fingerprint density at radius 1 is 0.935 bits per heavy atom. The van der Waals surface area contributed by atoms with Gasteiger partial charge in [0.05, 0.1) is 15.5 Å². The average Bonchev–Trinajstić information content (AvgIpc) is 2.73. The summed E-state index contributed by atoms with van der Waals surface area (Å²) in [6.45, 7) is 0. The van der Waals surface area contributed by atoms with E-state index in [1.54, 1.807) is 24.3 Å². The molecule has 11 heteroatoms. The van der Waals surface area contributed by atoms with E-state index >= 15 is 0 Å². The molecule has 160 valence electrons. The minimum Gasteiger partial charge on any atom is -0.340 e. The molecule has 3 aromatic rings. The van der Waals surface area contributed by atoms with Crippen LogP contribution in [0.15, 0.2) is 64.6 Å². The Morgan fingerprint density at radius 2 is 1.65 bits per heavy atom. The second kappa shape index (κ2) is 8.73. The van der Waals surface area contributed by atoms with Gasteiger partial charge in [-0.25, -0.2) is 31.5 Å². The van der Waals surface area contributed by atoms with Crippen LogP contribution in [0.2, 0.25) is 0 Å². The number of anilines is 4. The molecule has 0 aliphatic heterocycles. The lowest BCUT2D eigenvalue weighted by Crippen LogP contribution is -2.19. The summed E-state index contributed by atoms with van der Waals surface area (Å²) in [6.07, 6.45) is 7.73. The summed E-state index contributed by atoms with van der Waals surface area (Å²) in [5.41, 5.74) is 1.47. The summed E-state index contributed by atoms with van der Waals surface area (Å²) >= 11 is 0. The van der Waals surface area contributed by atoms with Crippen LogP contribution in [0.25, 0.3) is 0 Å². The van der Waals surface area contributed by atoms with Gasteiger partial charge in [-0.15, -0.1) is 6.42 Å². The van der Waals surface area contributed by atoms with Gasteiger partial charge in [0, 0.05) is 23.6 Å². The lowest BCUT2D eigenvalue weighted by Gasteiger charge is -2.13. The molecular weight excluding hydrogens is 438 g/mol. The van der Waals surface area contributed by atoms with Crippen LogP contribution in [0.3, 0.4) is 0 Å². The van der Waals surface area contributed by atoms with E-state index < -0.39 is 19.9 Å². The number of aromatic nitrogens is 2. The van der Waals surface area contributed by atoms with Crippen LogP contribution in [0.4, 0.5) is 23.0 Å². The van der Waals surface area contributed by atoms with Gasteiger partial charge in [0.25, 0.3) is 0 Å². The molecule has 31 heavy (non-hydrogen) atoms.